The van der Waals surface area contributed by atoms with Crippen LogP contribution in [0.1, 0.15) is 6.42 Å². The highest BCUT2D eigenvalue weighted by atomic mass is 32.2. The Balaban J connectivity index is 2.54. The Bertz CT molecular complexity index is 374. The molecule has 0 bridgehead atoms. The van der Waals surface area contributed by atoms with Crippen molar-refractivity contribution in [3.63, 3.8) is 0 Å². The zero-order valence-electron chi connectivity index (χ0n) is 10.5. The Kier molecular flexibility index (Phi) is 5.99. The molecule has 19 heavy (non-hydrogen) atoms. The van der Waals surface area contributed by atoms with Gasteiger partial charge >= 0.3 is 6.18 Å². The van der Waals surface area contributed by atoms with Crippen molar-refractivity contribution in [2.75, 3.05) is 45.8 Å². The van der Waals surface area contributed by atoms with E-state index in [0.29, 0.717) is 32.6 Å². The first kappa shape index (κ1) is 16.6. The maximum atomic E-state index is 12.0. The molecule has 0 aromatic heterocycles. The second-order valence-corrected chi connectivity index (χ2v) is 6.08. The number of nitrogens with one attached hydrogen (secondary N) is 1. The van der Waals surface area contributed by atoms with Gasteiger partial charge in [0.25, 0.3) is 10.2 Å². The van der Waals surface area contributed by atoms with Crippen molar-refractivity contribution in [3.05, 3.63) is 0 Å². The molecular formula is C9H19F3N4O2S. The topological polar surface area (TPSA) is 78.7 Å². The van der Waals surface area contributed by atoms with Gasteiger partial charge in [0.05, 0.1) is 0 Å². The summed E-state index contributed by atoms with van der Waals surface area (Å²) in [6, 6.07) is 0. The van der Waals surface area contributed by atoms with Gasteiger partial charge in [-0.3, -0.25) is 0 Å². The van der Waals surface area contributed by atoms with Crippen molar-refractivity contribution in [3.8, 4) is 0 Å². The molecule has 1 fully saturated rings. The normalized spacial score (nSPS) is 20.4. The van der Waals surface area contributed by atoms with Crippen molar-refractivity contribution in [2.45, 2.75) is 12.6 Å². The van der Waals surface area contributed by atoms with E-state index in [4.69, 9.17) is 5.73 Å². The van der Waals surface area contributed by atoms with Crippen molar-refractivity contribution in [1.29, 1.82) is 0 Å². The summed E-state index contributed by atoms with van der Waals surface area (Å²) < 4.78 is 62.2. The lowest BCUT2D eigenvalue weighted by molar-refractivity contribution is -0.121. The Morgan fingerprint density at radius 3 is 2.42 bits per heavy atom. The zero-order valence-corrected chi connectivity index (χ0v) is 11.3. The monoisotopic (exact) mass is 304 g/mol. The van der Waals surface area contributed by atoms with Gasteiger partial charge < -0.3 is 10.6 Å². The van der Waals surface area contributed by atoms with E-state index >= 15 is 0 Å². The minimum Gasteiger partial charge on any atom is -0.329 e. The summed E-state index contributed by atoms with van der Waals surface area (Å²) in [7, 11) is -4.07. The van der Waals surface area contributed by atoms with E-state index in [2.05, 4.69) is 0 Å². The lowest BCUT2D eigenvalue weighted by atomic mass is 10.4. The third kappa shape index (κ3) is 6.04. The molecule has 0 aromatic rings. The van der Waals surface area contributed by atoms with Gasteiger partial charge in [-0.15, -0.1) is 0 Å². The van der Waals surface area contributed by atoms with Crippen LogP contribution in [-0.4, -0.2) is 69.6 Å². The van der Waals surface area contributed by atoms with Crippen LogP contribution >= 0.6 is 0 Å². The molecule has 114 valence electrons. The summed E-state index contributed by atoms with van der Waals surface area (Å²) in [4.78, 5) is 2.00. The summed E-state index contributed by atoms with van der Waals surface area (Å²) in [5, 5.41) is 0. The zero-order chi connectivity index (χ0) is 14.5. The summed E-state index contributed by atoms with van der Waals surface area (Å²) >= 11 is 0. The van der Waals surface area contributed by atoms with Crippen molar-refractivity contribution in [2.24, 2.45) is 5.73 Å². The lowest BCUT2D eigenvalue weighted by Gasteiger charge is -2.21. The highest BCUT2D eigenvalue weighted by molar-refractivity contribution is 7.87. The van der Waals surface area contributed by atoms with Crippen molar-refractivity contribution >= 4 is 10.2 Å². The van der Waals surface area contributed by atoms with Crippen LogP contribution in [0.5, 0.6) is 0 Å². The molecule has 0 aromatic carbocycles. The van der Waals surface area contributed by atoms with E-state index in [-0.39, 0.29) is 13.1 Å². The lowest BCUT2D eigenvalue weighted by Crippen LogP contribution is -2.45. The first-order chi connectivity index (χ1) is 8.74. The number of halogens is 3. The Morgan fingerprint density at radius 2 is 1.84 bits per heavy atom. The molecule has 0 aliphatic carbocycles. The molecule has 10 heteroatoms. The molecule has 0 amide bonds. The fourth-order valence-electron chi connectivity index (χ4n) is 1.86. The number of hydrogen-bond acceptors (Lipinski definition) is 4. The second kappa shape index (κ2) is 6.84. The molecule has 0 radical (unpaired) electrons. The van der Waals surface area contributed by atoms with E-state index in [1.807, 2.05) is 4.90 Å². The fourth-order valence-corrected chi connectivity index (χ4v) is 3.08. The number of rotatable bonds is 5. The van der Waals surface area contributed by atoms with Crippen molar-refractivity contribution < 1.29 is 21.6 Å². The number of nitrogens with zero attached hydrogens (tertiary/aromatic N) is 2. The van der Waals surface area contributed by atoms with E-state index < -0.39 is 22.9 Å². The third-order valence-electron chi connectivity index (χ3n) is 2.79. The quantitative estimate of drug-likeness (QED) is 0.707. The van der Waals surface area contributed by atoms with Crippen LogP contribution in [0.4, 0.5) is 13.2 Å². The highest BCUT2D eigenvalue weighted by Crippen LogP contribution is 2.14. The smallest absolute Gasteiger partial charge is 0.329 e. The first-order valence-electron chi connectivity index (χ1n) is 5.98. The van der Waals surface area contributed by atoms with Gasteiger partial charge in [-0.25, -0.2) is 0 Å². The Hall–Kier alpha value is -0.420. The standard InChI is InChI=1S/C9H19F3N4O2S/c10-9(11,12)8-14-19(17,18)16-4-1-3-15(5-2-13)6-7-16/h14H,1-8,13H2. The van der Waals surface area contributed by atoms with Gasteiger partial charge in [0.1, 0.15) is 6.54 Å². The van der Waals surface area contributed by atoms with E-state index in [0.717, 1.165) is 4.31 Å². The maximum Gasteiger partial charge on any atom is 0.402 e. The SMILES string of the molecule is NCCN1CCCN(S(=O)(=O)NCC(F)(F)F)CC1. The summed E-state index contributed by atoms with van der Waals surface area (Å²) in [6.07, 6.45) is -3.97. The average Bonchev–Trinajstić information content (AvgIpc) is 2.52. The predicted octanol–water partition coefficient (Wildman–Crippen LogP) is -0.650. The van der Waals surface area contributed by atoms with Crippen LogP contribution in [-0.2, 0) is 10.2 Å². The summed E-state index contributed by atoms with van der Waals surface area (Å²) in [5.41, 5.74) is 5.42. The van der Waals surface area contributed by atoms with Crippen LogP contribution in [0, 0.1) is 0 Å². The highest BCUT2D eigenvalue weighted by Gasteiger charge is 2.32. The van der Waals surface area contributed by atoms with Crippen LogP contribution in [0.3, 0.4) is 0 Å². The maximum absolute atomic E-state index is 12.0. The van der Waals surface area contributed by atoms with Crippen LogP contribution in [0.25, 0.3) is 0 Å². The molecule has 1 heterocycles. The van der Waals surface area contributed by atoms with Gasteiger partial charge in [0.2, 0.25) is 0 Å². The molecular weight excluding hydrogens is 285 g/mol. The van der Waals surface area contributed by atoms with Gasteiger partial charge in [-0.1, -0.05) is 0 Å². The molecule has 1 saturated heterocycles. The van der Waals surface area contributed by atoms with E-state index in [9.17, 15) is 21.6 Å². The van der Waals surface area contributed by atoms with Gasteiger partial charge in [0.15, 0.2) is 0 Å². The van der Waals surface area contributed by atoms with Gasteiger partial charge in [-0.2, -0.15) is 30.6 Å². The number of hydrogen-bond donors (Lipinski definition) is 2. The minimum absolute atomic E-state index is 0.174. The summed E-state index contributed by atoms with van der Waals surface area (Å²) in [5.74, 6) is 0. The Morgan fingerprint density at radius 1 is 1.16 bits per heavy atom. The van der Waals surface area contributed by atoms with Crippen LogP contribution < -0.4 is 10.5 Å². The second-order valence-electron chi connectivity index (χ2n) is 4.32. The predicted molar refractivity (Wildman–Crippen MR) is 64.7 cm³/mol. The van der Waals surface area contributed by atoms with Gasteiger partial charge in [-0.05, 0) is 13.0 Å². The minimum atomic E-state index is -4.55. The molecule has 1 aliphatic rings. The number of alkyl halides is 3. The van der Waals surface area contributed by atoms with E-state index in [1.165, 1.54) is 0 Å². The molecule has 3 N–H and O–H groups in total. The van der Waals surface area contributed by atoms with Crippen LogP contribution in [0.2, 0.25) is 0 Å². The fraction of sp³-hybridized carbons (Fsp3) is 1.00. The Labute approximate surface area is 110 Å². The van der Waals surface area contributed by atoms with E-state index in [1.54, 1.807) is 4.72 Å². The van der Waals surface area contributed by atoms with Crippen molar-refractivity contribution in [1.82, 2.24) is 13.9 Å². The molecule has 1 rings (SSSR count). The summed E-state index contributed by atoms with van der Waals surface area (Å²) in [6.45, 7) is 1.15. The molecule has 6 nitrogen and oxygen atoms in total. The molecule has 0 atom stereocenters. The average molecular weight is 304 g/mol. The third-order valence-corrected chi connectivity index (χ3v) is 4.34. The number of nitrogens with two attached hydrogens (primary N) is 1. The van der Waals surface area contributed by atoms with Crippen LogP contribution in [0.15, 0.2) is 0 Å². The molecule has 1 aliphatic heterocycles. The van der Waals surface area contributed by atoms with Gasteiger partial charge in [0, 0.05) is 32.7 Å². The largest absolute Gasteiger partial charge is 0.402 e. The molecule has 0 spiro atoms. The first-order valence-corrected chi connectivity index (χ1v) is 7.42. The molecule has 0 saturated carbocycles. The molecule has 0 unspecified atom stereocenters.